The van der Waals surface area contributed by atoms with Gasteiger partial charge in [0.2, 0.25) is 0 Å². The molecule has 0 unspecified atom stereocenters. The number of ether oxygens (including phenoxy) is 2. The molecule has 32 heavy (non-hydrogen) atoms. The van der Waals surface area contributed by atoms with Crippen molar-refractivity contribution in [3.05, 3.63) is 87.4 Å². The maximum Gasteiger partial charge on any atom is 0.276 e. The van der Waals surface area contributed by atoms with Gasteiger partial charge < -0.3 is 9.47 Å². The average Bonchev–Trinajstić information content (AvgIpc) is 2.74. The van der Waals surface area contributed by atoms with Gasteiger partial charge in [-0.05, 0) is 72.1 Å². The number of aryl methyl sites for hydroxylation is 2. The molecule has 0 atom stereocenters. The van der Waals surface area contributed by atoms with Crippen LogP contribution in [0.4, 0.5) is 0 Å². The van der Waals surface area contributed by atoms with Crippen molar-refractivity contribution < 1.29 is 17.9 Å². The summed E-state index contributed by atoms with van der Waals surface area (Å²) in [5.74, 6) is 1.11. The van der Waals surface area contributed by atoms with Gasteiger partial charge in [0.05, 0.1) is 22.2 Å². The zero-order chi connectivity index (χ0) is 23.1. The molecular formula is C24H25BrN2O4S. The van der Waals surface area contributed by atoms with Crippen LogP contribution in [0.2, 0.25) is 0 Å². The predicted octanol–water partition coefficient (Wildman–Crippen LogP) is 5.36. The number of hydrazone groups is 1. The molecule has 0 amide bonds. The van der Waals surface area contributed by atoms with Gasteiger partial charge in [-0.3, -0.25) is 0 Å². The van der Waals surface area contributed by atoms with Crippen molar-refractivity contribution in [3.8, 4) is 11.5 Å². The Morgan fingerprint density at radius 3 is 2.44 bits per heavy atom. The van der Waals surface area contributed by atoms with Crippen LogP contribution in [0.1, 0.15) is 29.2 Å². The highest BCUT2D eigenvalue weighted by molar-refractivity contribution is 9.10. The van der Waals surface area contributed by atoms with Gasteiger partial charge >= 0.3 is 0 Å². The summed E-state index contributed by atoms with van der Waals surface area (Å²) in [5, 5.41) is 3.91. The molecule has 3 aromatic rings. The maximum atomic E-state index is 12.4. The van der Waals surface area contributed by atoms with Crippen LogP contribution in [-0.4, -0.2) is 21.2 Å². The molecule has 0 aromatic heterocycles. The summed E-state index contributed by atoms with van der Waals surface area (Å²) in [6, 6.07) is 18.2. The van der Waals surface area contributed by atoms with E-state index in [1.54, 1.807) is 24.3 Å². The Balaban J connectivity index is 1.76. The summed E-state index contributed by atoms with van der Waals surface area (Å²) >= 11 is 3.53. The van der Waals surface area contributed by atoms with E-state index in [1.807, 2.05) is 39.0 Å². The first kappa shape index (κ1) is 23.8. The third-order valence-corrected chi connectivity index (χ3v) is 6.34. The maximum absolute atomic E-state index is 12.4. The van der Waals surface area contributed by atoms with E-state index in [0.29, 0.717) is 34.7 Å². The first-order valence-corrected chi connectivity index (χ1v) is 12.3. The molecular weight excluding hydrogens is 492 g/mol. The van der Waals surface area contributed by atoms with Gasteiger partial charge in [0.25, 0.3) is 10.0 Å². The highest BCUT2D eigenvalue weighted by atomic mass is 79.9. The largest absolute Gasteiger partial charge is 0.490 e. The van der Waals surface area contributed by atoms with E-state index in [1.165, 1.54) is 18.3 Å². The van der Waals surface area contributed by atoms with Crippen LogP contribution >= 0.6 is 15.9 Å². The number of benzene rings is 3. The zero-order valence-electron chi connectivity index (χ0n) is 18.1. The van der Waals surface area contributed by atoms with Crippen molar-refractivity contribution >= 4 is 32.2 Å². The lowest BCUT2D eigenvalue weighted by molar-refractivity contribution is 0.267. The molecule has 0 spiro atoms. The third kappa shape index (κ3) is 6.34. The first-order chi connectivity index (χ1) is 15.3. The number of nitrogens with zero attached hydrogens (tertiary/aromatic N) is 1. The molecule has 0 aliphatic heterocycles. The zero-order valence-corrected chi connectivity index (χ0v) is 20.5. The normalized spacial score (nSPS) is 11.5. The number of halogens is 1. The minimum absolute atomic E-state index is 0.149. The summed E-state index contributed by atoms with van der Waals surface area (Å²) in [7, 11) is -3.74. The topological polar surface area (TPSA) is 77.0 Å². The molecule has 0 heterocycles. The van der Waals surface area contributed by atoms with E-state index in [0.717, 1.165) is 16.7 Å². The van der Waals surface area contributed by atoms with Gasteiger partial charge in [-0.15, -0.1) is 0 Å². The number of hydrogen-bond donors (Lipinski definition) is 1. The third-order valence-electron chi connectivity index (χ3n) is 4.52. The van der Waals surface area contributed by atoms with Crippen molar-refractivity contribution in [2.24, 2.45) is 5.10 Å². The van der Waals surface area contributed by atoms with Crippen molar-refractivity contribution in [2.75, 3.05) is 6.61 Å². The van der Waals surface area contributed by atoms with Gasteiger partial charge in [-0.25, -0.2) is 4.83 Å². The lowest BCUT2D eigenvalue weighted by atomic mass is 10.1. The molecule has 3 aromatic carbocycles. The summed E-state index contributed by atoms with van der Waals surface area (Å²) in [5.41, 5.74) is 3.84. The fourth-order valence-electron chi connectivity index (χ4n) is 2.96. The second-order valence-corrected chi connectivity index (χ2v) is 9.72. The Hall–Kier alpha value is -2.84. The Morgan fingerprint density at radius 2 is 1.75 bits per heavy atom. The Morgan fingerprint density at radius 1 is 1.00 bits per heavy atom. The molecule has 6 nitrogen and oxygen atoms in total. The van der Waals surface area contributed by atoms with E-state index < -0.39 is 10.0 Å². The quantitative estimate of drug-likeness (QED) is 0.307. The molecule has 0 saturated carbocycles. The summed E-state index contributed by atoms with van der Waals surface area (Å²) in [6.07, 6.45) is 1.42. The van der Waals surface area contributed by atoms with Crippen LogP contribution in [0.3, 0.4) is 0 Å². The lowest BCUT2D eigenvalue weighted by Gasteiger charge is -2.15. The molecule has 8 heteroatoms. The van der Waals surface area contributed by atoms with E-state index >= 15 is 0 Å². The Labute approximate surface area is 197 Å². The van der Waals surface area contributed by atoms with Gasteiger partial charge in [-0.1, -0.05) is 47.5 Å². The van der Waals surface area contributed by atoms with E-state index in [-0.39, 0.29) is 4.90 Å². The number of nitrogens with one attached hydrogen (secondary N) is 1. The standard InChI is InChI=1S/C24H25BrN2O4S/c1-4-30-23-14-20(15-26-27-32(28,29)21-10-8-17(2)9-11-21)13-22(25)24(23)31-16-19-7-5-6-18(3)12-19/h5-15,27H,4,16H2,1-3H3/b26-15-. The van der Waals surface area contributed by atoms with Crippen LogP contribution in [0.5, 0.6) is 11.5 Å². The van der Waals surface area contributed by atoms with Crippen molar-refractivity contribution in [3.63, 3.8) is 0 Å². The molecule has 0 saturated heterocycles. The van der Waals surface area contributed by atoms with Gasteiger partial charge in [0.1, 0.15) is 6.61 Å². The summed E-state index contributed by atoms with van der Waals surface area (Å²) < 4.78 is 37.2. The predicted molar refractivity (Wildman–Crippen MR) is 130 cm³/mol. The molecule has 1 N–H and O–H groups in total. The van der Waals surface area contributed by atoms with E-state index in [2.05, 4.69) is 31.9 Å². The molecule has 0 radical (unpaired) electrons. The molecule has 0 aliphatic carbocycles. The fourth-order valence-corrected chi connectivity index (χ4v) is 4.33. The van der Waals surface area contributed by atoms with Crippen LogP contribution in [0.15, 0.2) is 75.1 Å². The van der Waals surface area contributed by atoms with Crippen LogP contribution in [0, 0.1) is 13.8 Å². The Bertz CT molecular complexity index is 1210. The smallest absolute Gasteiger partial charge is 0.276 e. The molecule has 168 valence electrons. The van der Waals surface area contributed by atoms with Gasteiger partial charge in [0, 0.05) is 0 Å². The van der Waals surface area contributed by atoms with Crippen LogP contribution in [-0.2, 0) is 16.6 Å². The van der Waals surface area contributed by atoms with Crippen LogP contribution in [0.25, 0.3) is 0 Å². The highest BCUT2D eigenvalue weighted by Gasteiger charge is 2.14. The number of sulfonamides is 1. The number of rotatable bonds is 9. The molecule has 0 fully saturated rings. The summed E-state index contributed by atoms with van der Waals surface area (Å²) in [4.78, 5) is 2.38. The average molecular weight is 517 g/mol. The van der Waals surface area contributed by atoms with Gasteiger partial charge in [0.15, 0.2) is 11.5 Å². The summed E-state index contributed by atoms with van der Waals surface area (Å²) in [6.45, 7) is 6.66. The Kier molecular flexibility index (Phi) is 7.93. The second kappa shape index (κ2) is 10.7. The van der Waals surface area contributed by atoms with Crippen molar-refractivity contribution in [1.29, 1.82) is 0 Å². The molecule has 0 bridgehead atoms. The highest BCUT2D eigenvalue weighted by Crippen LogP contribution is 2.37. The molecule has 3 rings (SSSR count). The monoisotopic (exact) mass is 516 g/mol. The van der Waals surface area contributed by atoms with Gasteiger partial charge in [-0.2, -0.15) is 13.5 Å². The lowest BCUT2D eigenvalue weighted by Crippen LogP contribution is -2.18. The second-order valence-electron chi connectivity index (χ2n) is 7.21. The van der Waals surface area contributed by atoms with Crippen molar-refractivity contribution in [1.82, 2.24) is 4.83 Å². The number of hydrogen-bond acceptors (Lipinski definition) is 5. The molecule has 0 aliphatic rings. The minimum Gasteiger partial charge on any atom is -0.490 e. The first-order valence-electron chi connectivity index (χ1n) is 10.0. The minimum atomic E-state index is -3.74. The van der Waals surface area contributed by atoms with Crippen LogP contribution < -0.4 is 14.3 Å². The van der Waals surface area contributed by atoms with E-state index in [9.17, 15) is 8.42 Å². The fraction of sp³-hybridized carbons (Fsp3) is 0.208. The van der Waals surface area contributed by atoms with Crippen molar-refractivity contribution in [2.45, 2.75) is 32.3 Å². The van der Waals surface area contributed by atoms with E-state index in [4.69, 9.17) is 9.47 Å². The SMILES string of the molecule is CCOc1cc(/C=N\NS(=O)(=O)c2ccc(C)cc2)cc(Br)c1OCc1cccc(C)c1.